The van der Waals surface area contributed by atoms with Crippen LogP contribution in [0.5, 0.6) is 0 Å². The van der Waals surface area contributed by atoms with E-state index in [0.29, 0.717) is 18.0 Å². The van der Waals surface area contributed by atoms with Gasteiger partial charge < -0.3 is 4.90 Å². The first-order chi connectivity index (χ1) is 10.1. The highest BCUT2D eigenvalue weighted by molar-refractivity contribution is 6.17. The number of hydrogen-bond donors (Lipinski definition) is 0. The van der Waals surface area contributed by atoms with Gasteiger partial charge in [-0.25, -0.2) is 0 Å². The summed E-state index contributed by atoms with van der Waals surface area (Å²) in [4.78, 5) is 15.7. The minimum atomic E-state index is -0.293. The quantitative estimate of drug-likeness (QED) is 0.489. The van der Waals surface area contributed by atoms with Gasteiger partial charge >= 0.3 is 0 Å². The van der Waals surface area contributed by atoms with Crippen LogP contribution in [-0.4, -0.2) is 42.0 Å². The molecule has 1 aromatic rings. The molecule has 0 aromatic heterocycles. The van der Waals surface area contributed by atoms with E-state index in [9.17, 15) is 10.1 Å². The number of likely N-dealkylation sites (N-methyl/N-ethyl adjacent to an activating group) is 1. The summed E-state index contributed by atoms with van der Waals surface area (Å²) >= 11 is 5.80. The third-order valence-electron chi connectivity index (χ3n) is 4.88. The highest BCUT2D eigenvalue weighted by Gasteiger charge is 2.36. The van der Waals surface area contributed by atoms with Crippen molar-refractivity contribution in [3.8, 4) is 0 Å². The Kier molecular flexibility index (Phi) is 4.04. The minimum Gasteiger partial charge on any atom is -0.364 e. The first kappa shape index (κ1) is 14.6. The molecule has 5 nitrogen and oxygen atoms in total. The van der Waals surface area contributed by atoms with Crippen molar-refractivity contribution in [2.75, 3.05) is 25.0 Å². The van der Waals surface area contributed by atoms with E-state index in [-0.39, 0.29) is 10.6 Å². The molecule has 1 aromatic carbocycles. The molecule has 2 aliphatic heterocycles. The standard InChI is InChI=1S/C15H20ClN3O2/c1-17-12-3-4-13(17)10-18(7-6-12)14-5-2-11(9-16)8-15(14)19(20)21/h2,5,8,12-13H,3-4,6-7,9-10H2,1H3. The average molecular weight is 310 g/mol. The van der Waals surface area contributed by atoms with Crippen molar-refractivity contribution in [2.45, 2.75) is 37.2 Å². The van der Waals surface area contributed by atoms with Gasteiger partial charge in [0.25, 0.3) is 5.69 Å². The maximum atomic E-state index is 11.4. The Balaban J connectivity index is 1.91. The molecule has 2 unspecified atom stereocenters. The highest BCUT2D eigenvalue weighted by Crippen LogP contribution is 2.35. The van der Waals surface area contributed by atoms with Crippen LogP contribution in [0.15, 0.2) is 18.2 Å². The van der Waals surface area contributed by atoms with Crippen molar-refractivity contribution in [2.24, 2.45) is 0 Å². The predicted octanol–water partition coefficient (Wildman–Crippen LogP) is 3.01. The fourth-order valence-electron chi connectivity index (χ4n) is 3.59. The van der Waals surface area contributed by atoms with Gasteiger partial charge in [-0.2, -0.15) is 0 Å². The lowest BCUT2D eigenvalue weighted by Gasteiger charge is -2.27. The lowest BCUT2D eigenvalue weighted by molar-refractivity contribution is -0.384. The van der Waals surface area contributed by atoms with Gasteiger partial charge in [0.05, 0.1) is 4.92 Å². The summed E-state index contributed by atoms with van der Waals surface area (Å²) in [6.45, 7) is 1.75. The summed E-state index contributed by atoms with van der Waals surface area (Å²) < 4.78 is 0. The summed E-state index contributed by atoms with van der Waals surface area (Å²) in [6.07, 6.45) is 3.51. The zero-order valence-corrected chi connectivity index (χ0v) is 12.9. The molecule has 0 N–H and O–H groups in total. The molecule has 2 aliphatic rings. The van der Waals surface area contributed by atoms with Crippen LogP contribution in [0.25, 0.3) is 0 Å². The van der Waals surface area contributed by atoms with Gasteiger partial charge in [0, 0.05) is 37.1 Å². The number of rotatable bonds is 3. The summed E-state index contributed by atoms with van der Waals surface area (Å²) in [5.41, 5.74) is 1.70. The summed E-state index contributed by atoms with van der Waals surface area (Å²) in [6, 6.07) is 6.48. The predicted molar refractivity (Wildman–Crippen MR) is 84.1 cm³/mol. The van der Waals surface area contributed by atoms with E-state index in [1.807, 2.05) is 12.1 Å². The Morgan fingerprint density at radius 2 is 2.10 bits per heavy atom. The Hall–Kier alpha value is -1.33. The number of nitrogens with zero attached hydrogens (tertiary/aromatic N) is 3. The largest absolute Gasteiger partial charge is 0.364 e. The molecule has 3 rings (SSSR count). The second kappa shape index (κ2) is 5.81. The minimum absolute atomic E-state index is 0.175. The topological polar surface area (TPSA) is 49.6 Å². The second-order valence-corrected chi connectivity index (χ2v) is 6.27. The van der Waals surface area contributed by atoms with E-state index >= 15 is 0 Å². The fourth-order valence-corrected chi connectivity index (χ4v) is 3.76. The van der Waals surface area contributed by atoms with Crippen LogP contribution < -0.4 is 4.90 Å². The molecule has 2 atom stereocenters. The fraction of sp³-hybridized carbons (Fsp3) is 0.600. The molecule has 0 amide bonds. The van der Waals surface area contributed by atoms with Crippen LogP contribution >= 0.6 is 11.6 Å². The molecule has 6 heteroatoms. The van der Waals surface area contributed by atoms with Gasteiger partial charge in [0.2, 0.25) is 0 Å². The van der Waals surface area contributed by atoms with Crippen LogP contribution in [0.4, 0.5) is 11.4 Å². The number of nitro groups is 1. The Morgan fingerprint density at radius 1 is 1.33 bits per heavy atom. The van der Waals surface area contributed by atoms with Gasteiger partial charge in [0.15, 0.2) is 0 Å². The van der Waals surface area contributed by atoms with Crippen LogP contribution in [0.3, 0.4) is 0 Å². The van der Waals surface area contributed by atoms with E-state index in [1.54, 1.807) is 6.07 Å². The second-order valence-electron chi connectivity index (χ2n) is 6.00. The number of halogens is 1. The van der Waals surface area contributed by atoms with Crippen molar-refractivity contribution < 1.29 is 4.92 Å². The van der Waals surface area contributed by atoms with E-state index in [0.717, 1.165) is 30.8 Å². The lowest BCUT2D eigenvalue weighted by Crippen LogP contribution is -2.36. The van der Waals surface area contributed by atoms with Gasteiger partial charge in [-0.3, -0.25) is 15.0 Å². The third-order valence-corrected chi connectivity index (χ3v) is 5.19. The highest BCUT2D eigenvalue weighted by atomic mass is 35.5. The van der Waals surface area contributed by atoms with E-state index in [2.05, 4.69) is 16.8 Å². The number of alkyl halides is 1. The monoisotopic (exact) mass is 309 g/mol. The normalized spacial score (nSPS) is 25.9. The third kappa shape index (κ3) is 2.72. The number of nitro benzene ring substituents is 1. The Labute approximate surface area is 129 Å². The van der Waals surface area contributed by atoms with Crippen molar-refractivity contribution >= 4 is 23.0 Å². The molecule has 114 valence electrons. The molecule has 0 aliphatic carbocycles. The number of anilines is 1. The Morgan fingerprint density at radius 3 is 2.81 bits per heavy atom. The van der Waals surface area contributed by atoms with Crippen molar-refractivity contribution in [1.82, 2.24) is 4.90 Å². The zero-order valence-electron chi connectivity index (χ0n) is 12.2. The molecule has 2 fully saturated rings. The van der Waals surface area contributed by atoms with Gasteiger partial charge in [-0.1, -0.05) is 6.07 Å². The number of fused-ring (bicyclic) bond motifs is 2. The van der Waals surface area contributed by atoms with Crippen molar-refractivity contribution in [3.63, 3.8) is 0 Å². The van der Waals surface area contributed by atoms with Crippen LogP contribution in [0.2, 0.25) is 0 Å². The summed E-state index contributed by atoms with van der Waals surface area (Å²) in [5, 5.41) is 11.4. The number of hydrogen-bond acceptors (Lipinski definition) is 4. The van der Waals surface area contributed by atoms with Crippen LogP contribution in [0.1, 0.15) is 24.8 Å². The van der Waals surface area contributed by atoms with Gasteiger partial charge in [-0.05, 0) is 37.9 Å². The Bertz CT molecular complexity index is 552. The molecule has 21 heavy (non-hydrogen) atoms. The van der Waals surface area contributed by atoms with Crippen LogP contribution in [0, 0.1) is 10.1 Å². The average Bonchev–Trinajstić information content (AvgIpc) is 2.72. The summed E-state index contributed by atoms with van der Waals surface area (Å²) in [7, 11) is 2.18. The van der Waals surface area contributed by atoms with Crippen molar-refractivity contribution in [1.29, 1.82) is 0 Å². The van der Waals surface area contributed by atoms with Gasteiger partial charge in [-0.15, -0.1) is 11.6 Å². The SMILES string of the molecule is CN1C2CCC1CN(c1ccc(CCl)cc1[N+](=O)[O-])CC2. The van der Waals surface area contributed by atoms with Crippen molar-refractivity contribution in [3.05, 3.63) is 33.9 Å². The first-order valence-corrected chi connectivity index (χ1v) is 7.93. The maximum absolute atomic E-state index is 11.4. The van der Waals surface area contributed by atoms with E-state index in [4.69, 9.17) is 11.6 Å². The lowest BCUT2D eigenvalue weighted by atomic mass is 10.1. The molecule has 0 spiro atoms. The molecular weight excluding hydrogens is 290 g/mol. The van der Waals surface area contributed by atoms with E-state index < -0.39 is 0 Å². The summed E-state index contributed by atoms with van der Waals surface area (Å²) in [5.74, 6) is 0.300. The van der Waals surface area contributed by atoms with Crippen LogP contribution in [-0.2, 0) is 5.88 Å². The zero-order chi connectivity index (χ0) is 15.0. The smallest absolute Gasteiger partial charge is 0.292 e. The molecule has 2 heterocycles. The molecule has 2 saturated heterocycles. The molecule has 0 saturated carbocycles. The molecule has 2 bridgehead atoms. The van der Waals surface area contributed by atoms with Gasteiger partial charge in [0.1, 0.15) is 5.69 Å². The first-order valence-electron chi connectivity index (χ1n) is 7.40. The molecular formula is C15H20ClN3O2. The molecule has 0 radical (unpaired) electrons. The number of benzene rings is 1. The maximum Gasteiger partial charge on any atom is 0.292 e. The van der Waals surface area contributed by atoms with E-state index in [1.165, 1.54) is 12.8 Å².